The van der Waals surface area contributed by atoms with Gasteiger partial charge in [-0.05, 0) is 25.0 Å². The number of nitriles is 1. The van der Waals surface area contributed by atoms with Crippen molar-refractivity contribution in [2.24, 2.45) is 0 Å². The minimum absolute atomic E-state index is 0.0777. The van der Waals surface area contributed by atoms with Crippen molar-refractivity contribution in [1.82, 2.24) is 19.3 Å². The van der Waals surface area contributed by atoms with Gasteiger partial charge >= 0.3 is 11.1 Å². The molecule has 0 spiro atoms. The second-order valence-electron chi connectivity index (χ2n) is 5.94. The van der Waals surface area contributed by atoms with Gasteiger partial charge in [0.15, 0.2) is 5.76 Å². The van der Waals surface area contributed by atoms with Gasteiger partial charge in [-0.15, -0.1) is 0 Å². The monoisotopic (exact) mass is 335 g/mol. The lowest BCUT2D eigenvalue weighted by Crippen LogP contribution is -2.44. The van der Waals surface area contributed by atoms with Gasteiger partial charge in [0, 0.05) is 24.7 Å². The molecule has 1 aliphatic carbocycles. The molecule has 0 radical (unpaired) electrons. The molecule has 3 aromatic rings. The van der Waals surface area contributed by atoms with Gasteiger partial charge in [-0.3, -0.25) is 19.1 Å². The Bertz CT molecular complexity index is 1080. The zero-order chi connectivity index (χ0) is 17.4. The molecule has 124 valence electrons. The average molecular weight is 335 g/mol. The molecular weight excluding hydrogens is 322 g/mol. The van der Waals surface area contributed by atoms with Gasteiger partial charge in [-0.2, -0.15) is 5.26 Å². The van der Waals surface area contributed by atoms with Crippen LogP contribution in [0.3, 0.4) is 0 Å². The van der Waals surface area contributed by atoms with E-state index >= 15 is 0 Å². The van der Waals surface area contributed by atoms with Crippen LogP contribution in [0, 0.1) is 11.3 Å². The third-order valence-corrected chi connectivity index (χ3v) is 4.26. The van der Waals surface area contributed by atoms with E-state index in [9.17, 15) is 14.9 Å². The first-order chi connectivity index (χ1) is 12.1. The molecule has 25 heavy (non-hydrogen) atoms. The summed E-state index contributed by atoms with van der Waals surface area (Å²) < 4.78 is 7.71. The topological polar surface area (TPSA) is 107 Å². The summed E-state index contributed by atoms with van der Waals surface area (Å²) in [5.41, 5.74) is -1.04. The first kappa shape index (κ1) is 15.1. The quantitative estimate of drug-likeness (QED) is 0.661. The van der Waals surface area contributed by atoms with E-state index in [2.05, 4.69) is 16.2 Å². The van der Waals surface area contributed by atoms with Crippen molar-refractivity contribution in [2.45, 2.75) is 24.9 Å². The van der Waals surface area contributed by atoms with Crippen molar-refractivity contribution in [3.63, 3.8) is 0 Å². The van der Waals surface area contributed by atoms with E-state index in [0.717, 1.165) is 0 Å². The number of nitrogens with zero attached hydrogens (tertiary/aromatic N) is 5. The molecule has 1 saturated carbocycles. The van der Waals surface area contributed by atoms with Gasteiger partial charge in [0.1, 0.15) is 11.2 Å². The van der Waals surface area contributed by atoms with Crippen LogP contribution in [0.2, 0.25) is 0 Å². The predicted octanol–water partition coefficient (Wildman–Crippen LogP) is 1.12. The minimum Gasteiger partial charge on any atom is -0.359 e. The van der Waals surface area contributed by atoms with E-state index in [1.54, 1.807) is 24.4 Å². The standard InChI is InChI=1S/C17H13N5O3/c18-11-17(4-5-17)22-8-7-21(15(23)16(22)24)10-12-9-14(20-25-12)13-3-1-2-6-19-13/h1-3,6-9H,4-5,10H2. The molecule has 0 bridgehead atoms. The summed E-state index contributed by atoms with van der Waals surface area (Å²) in [4.78, 5) is 28.8. The largest absolute Gasteiger partial charge is 0.359 e. The minimum atomic E-state index is -0.853. The van der Waals surface area contributed by atoms with Gasteiger partial charge in [-0.25, -0.2) is 0 Å². The van der Waals surface area contributed by atoms with E-state index in [1.807, 2.05) is 6.07 Å². The van der Waals surface area contributed by atoms with Gasteiger partial charge in [0.2, 0.25) is 0 Å². The second kappa shape index (κ2) is 5.56. The summed E-state index contributed by atoms with van der Waals surface area (Å²) in [5, 5.41) is 13.1. The van der Waals surface area contributed by atoms with Crippen molar-refractivity contribution < 1.29 is 4.52 Å². The molecule has 3 heterocycles. The Hall–Kier alpha value is -3.47. The summed E-state index contributed by atoms with van der Waals surface area (Å²) in [6, 6.07) is 9.22. The summed E-state index contributed by atoms with van der Waals surface area (Å²) >= 11 is 0. The van der Waals surface area contributed by atoms with E-state index in [4.69, 9.17) is 4.52 Å². The SMILES string of the molecule is N#CC1(n2ccn(Cc3cc(-c4ccccn4)no3)c(=O)c2=O)CC1. The number of aromatic nitrogens is 4. The van der Waals surface area contributed by atoms with Crippen LogP contribution in [0.5, 0.6) is 0 Å². The van der Waals surface area contributed by atoms with Gasteiger partial charge in [0.25, 0.3) is 0 Å². The number of hydrogen-bond donors (Lipinski definition) is 0. The van der Waals surface area contributed by atoms with Crippen molar-refractivity contribution >= 4 is 0 Å². The molecule has 1 aliphatic rings. The average Bonchev–Trinajstić information content (AvgIpc) is 3.30. The molecular formula is C17H13N5O3. The molecule has 8 nitrogen and oxygen atoms in total. The molecule has 0 amide bonds. The Morgan fingerprint density at radius 3 is 2.72 bits per heavy atom. The molecule has 3 aromatic heterocycles. The summed E-state index contributed by atoms with van der Waals surface area (Å²) in [7, 11) is 0. The van der Waals surface area contributed by atoms with Crippen molar-refractivity contribution in [3.8, 4) is 17.5 Å². The van der Waals surface area contributed by atoms with E-state index < -0.39 is 16.7 Å². The zero-order valence-electron chi connectivity index (χ0n) is 13.1. The first-order valence-electron chi connectivity index (χ1n) is 7.74. The van der Waals surface area contributed by atoms with Gasteiger partial charge < -0.3 is 9.09 Å². The van der Waals surface area contributed by atoms with Crippen LogP contribution >= 0.6 is 0 Å². The molecule has 1 fully saturated rings. The Kier molecular flexibility index (Phi) is 3.35. The predicted molar refractivity (Wildman–Crippen MR) is 86.6 cm³/mol. The first-order valence-corrected chi connectivity index (χ1v) is 7.74. The molecule has 4 rings (SSSR count). The third kappa shape index (κ3) is 2.55. The zero-order valence-corrected chi connectivity index (χ0v) is 13.1. The summed E-state index contributed by atoms with van der Waals surface area (Å²) in [5.74, 6) is 0.432. The fraction of sp³-hybridized carbons (Fsp3) is 0.235. The lowest BCUT2D eigenvalue weighted by Gasteiger charge is -2.11. The lowest BCUT2D eigenvalue weighted by molar-refractivity contribution is 0.375. The van der Waals surface area contributed by atoms with E-state index in [1.165, 1.54) is 21.5 Å². The van der Waals surface area contributed by atoms with Crippen LogP contribution < -0.4 is 11.1 Å². The summed E-state index contributed by atoms with van der Waals surface area (Å²) in [6.45, 7) is 0.0777. The molecule has 0 unspecified atom stereocenters. The van der Waals surface area contributed by atoms with Gasteiger partial charge in [0.05, 0.1) is 18.3 Å². The van der Waals surface area contributed by atoms with E-state index in [0.29, 0.717) is 30.0 Å². The van der Waals surface area contributed by atoms with Crippen molar-refractivity contribution in [2.75, 3.05) is 0 Å². The summed E-state index contributed by atoms with van der Waals surface area (Å²) in [6.07, 6.45) is 5.79. The van der Waals surface area contributed by atoms with E-state index in [-0.39, 0.29) is 6.54 Å². The highest BCUT2D eigenvalue weighted by Gasteiger charge is 2.46. The van der Waals surface area contributed by atoms with Crippen LogP contribution in [-0.2, 0) is 12.1 Å². The Morgan fingerprint density at radius 2 is 2.04 bits per heavy atom. The normalized spacial score (nSPS) is 14.8. The lowest BCUT2D eigenvalue weighted by atomic mass is 10.2. The fourth-order valence-electron chi connectivity index (χ4n) is 2.69. The molecule has 0 aromatic carbocycles. The Labute approximate surface area is 141 Å². The van der Waals surface area contributed by atoms with Crippen LogP contribution in [0.25, 0.3) is 11.4 Å². The number of rotatable bonds is 4. The highest BCUT2D eigenvalue weighted by Crippen LogP contribution is 2.41. The number of pyridine rings is 1. The Balaban J connectivity index is 1.63. The van der Waals surface area contributed by atoms with Gasteiger partial charge in [-0.1, -0.05) is 11.2 Å². The van der Waals surface area contributed by atoms with Crippen LogP contribution in [0.4, 0.5) is 0 Å². The second-order valence-corrected chi connectivity index (χ2v) is 5.94. The number of hydrogen-bond acceptors (Lipinski definition) is 6. The smallest absolute Gasteiger partial charge is 0.317 e. The maximum Gasteiger partial charge on any atom is 0.317 e. The third-order valence-electron chi connectivity index (χ3n) is 4.26. The molecule has 0 aliphatic heterocycles. The molecule has 0 saturated heterocycles. The van der Waals surface area contributed by atoms with Crippen LogP contribution in [0.1, 0.15) is 18.6 Å². The highest BCUT2D eigenvalue weighted by atomic mass is 16.5. The molecule has 0 N–H and O–H groups in total. The Morgan fingerprint density at radius 1 is 1.20 bits per heavy atom. The van der Waals surface area contributed by atoms with Crippen molar-refractivity contribution in [1.29, 1.82) is 5.26 Å². The molecule has 8 heteroatoms. The van der Waals surface area contributed by atoms with Crippen LogP contribution in [0.15, 0.2) is 57.0 Å². The highest BCUT2D eigenvalue weighted by molar-refractivity contribution is 5.52. The van der Waals surface area contributed by atoms with Crippen molar-refractivity contribution in [3.05, 3.63) is 69.3 Å². The maximum absolute atomic E-state index is 12.3. The molecule has 0 atom stereocenters. The maximum atomic E-state index is 12.3. The fourth-order valence-corrected chi connectivity index (χ4v) is 2.69. The van der Waals surface area contributed by atoms with Crippen LogP contribution in [-0.4, -0.2) is 19.3 Å².